The number of nitrogens with one attached hydrogen (secondary N) is 1. The molecule has 0 saturated carbocycles. The van der Waals surface area contributed by atoms with Crippen LogP contribution >= 0.6 is 15.9 Å². The summed E-state index contributed by atoms with van der Waals surface area (Å²) in [7, 11) is 0. The van der Waals surface area contributed by atoms with Gasteiger partial charge in [0.25, 0.3) is 0 Å². The monoisotopic (exact) mass is 388 g/mol. The Labute approximate surface area is 153 Å². The minimum atomic E-state index is 0.494. The van der Waals surface area contributed by atoms with Crippen LogP contribution in [0.15, 0.2) is 71.3 Å². The summed E-state index contributed by atoms with van der Waals surface area (Å²) in [6.45, 7) is 0. The molecule has 2 aromatic carbocycles. The van der Waals surface area contributed by atoms with Crippen molar-refractivity contribution in [3.63, 3.8) is 0 Å². The Morgan fingerprint density at radius 3 is 2.64 bits per heavy atom. The second kappa shape index (κ2) is 6.42. The molecule has 0 atom stereocenters. The van der Waals surface area contributed by atoms with Crippen molar-refractivity contribution in [2.24, 2.45) is 0 Å². The zero-order chi connectivity index (χ0) is 17.2. The van der Waals surface area contributed by atoms with Crippen molar-refractivity contribution in [2.75, 3.05) is 0 Å². The maximum atomic E-state index is 9.61. The first kappa shape index (κ1) is 15.4. The summed E-state index contributed by atoms with van der Waals surface area (Å²) < 4.78 is 3.06. The van der Waals surface area contributed by atoms with Crippen molar-refractivity contribution in [1.82, 2.24) is 14.5 Å². The fraction of sp³-hybridized carbons (Fsp3) is 0. The quantitative estimate of drug-likeness (QED) is 0.491. The van der Waals surface area contributed by atoms with E-state index in [0.717, 1.165) is 26.9 Å². The third kappa shape index (κ3) is 3.00. The fourth-order valence-electron chi connectivity index (χ4n) is 2.73. The van der Waals surface area contributed by atoms with E-state index in [9.17, 15) is 5.26 Å². The molecule has 0 aliphatic rings. The molecule has 0 saturated heterocycles. The number of benzene rings is 2. The van der Waals surface area contributed by atoms with Gasteiger partial charge in [0.15, 0.2) is 0 Å². The van der Waals surface area contributed by atoms with E-state index in [-0.39, 0.29) is 0 Å². The van der Waals surface area contributed by atoms with Crippen LogP contribution < -0.4 is 0 Å². The zero-order valence-electron chi connectivity index (χ0n) is 13.1. The molecule has 4 rings (SSSR count). The van der Waals surface area contributed by atoms with E-state index in [1.807, 2.05) is 77.5 Å². The van der Waals surface area contributed by atoms with Crippen molar-refractivity contribution in [1.29, 1.82) is 5.26 Å². The van der Waals surface area contributed by atoms with Gasteiger partial charge in [-0.1, -0.05) is 28.1 Å². The standard InChI is InChI=1S/C20H13BrN4/c21-15-7-9-16(10-8-15)25-11-3-4-17(25)12-14(13-22)20-23-18-5-1-2-6-19(18)24-20/h1-12H,(H,23,24). The fourth-order valence-corrected chi connectivity index (χ4v) is 2.99. The van der Waals surface area contributed by atoms with Gasteiger partial charge in [-0.05, 0) is 54.6 Å². The summed E-state index contributed by atoms with van der Waals surface area (Å²) >= 11 is 3.45. The van der Waals surface area contributed by atoms with Gasteiger partial charge in [-0.15, -0.1) is 0 Å². The number of hydrogen-bond donors (Lipinski definition) is 1. The van der Waals surface area contributed by atoms with E-state index in [1.165, 1.54) is 0 Å². The van der Waals surface area contributed by atoms with Gasteiger partial charge in [-0.3, -0.25) is 0 Å². The van der Waals surface area contributed by atoms with Gasteiger partial charge in [-0.25, -0.2) is 4.98 Å². The number of allylic oxidation sites excluding steroid dienone is 1. The summed E-state index contributed by atoms with van der Waals surface area (Å²) in [5, 5.41) is 9.61. The minimum absolute atomic E-state index is 0.494. The summed E-state index contributed by atoms with van der Waals surface area (Å²) in [5.41, 5.74) is 4.21. The second-order valence-corrected chi connectivity index (χ2v) is 6.47. The molecule has 120 valence electrons. The third-order valence-electron chi connectivity index (χ3n) is 3.94. The Balaban J connectivity index is 1.78. The molecule has 0 aliphatic carbocycles. The lowest BCUT2D eigenvalue weighted by Gasteiger charge is -2.07. The van der Waals surface area contributed by atoms with E-state index >= 15 is 0 Å². The molecule has 0 fully saturated rings. The van der Waals surface area contributed by atoms with Crippen LogP contribution in [0.1, 0.15) is 11.5 Å². The number of H-pyrrole nitrogens is 1. The Morgan fingerprint density at radius 2 is 1.88 bits per heavy atom. The zero-order valence-corrected chi connectivity index (χ0v) is 14.7. The SMILES string of the molecule is N#CC(=Cc1cccn1-c1ccc(Br)cc1)c1nc2ccccc2[nH]1. The lowest BCUT2D eigenvalue weighted by molar-refractivity contribution is 1.06. The number of para-hydroxylation sites is 2. The highest BCUT2D eigenvalue weighted by molar-refractivity contribution is 9.10. The lowest BCUT2D eigenvalue weighted by Crippen LogP contribution is -1.95. The molecule has 25 heavy (non-hydrogen) atoms. The van der Waals surface area contributed by atoms with Gasteiger partial charge in [0.2, 0.25) is 0 Å². The van der Waals surface area contributed by atoms with Crippen LogP contribution in [0, 0.1) is 11.3 Å². The van der Waals surface area contributed by atoms with Crippen molar-refractivity contribution in [2.45, 2.75) is 0 Å². The largest absolute Gasteiger partial charge is 0.337 e. The predicted molar refractivity (Wildman–Crippen MR) is 103 cm³/mol. The average molecular weight is 389 g/mol. The summed E-state index contributed by atoms with van der Waals surface area (Å²) in [5.74, 6) is 0.576. The molecule has 1 N–H and O–H groups in total. The van der Waals surface area contributed by atoms with E-state index in [1.54, 1.807) is 0 Å². The number of halogens is 1. The van der Waals surface area contributed by atoms with Crippen molar-refractivity contribution < 1.29 is 0 Å². The number of rotatable bonds is 3. The van der Waals surface area contributed by atoms with Gasteiger partial charge in [0, 0.05) is 22.1 Å². The normalized spacial score (nSPS) is 11.6. The molecule has 0 aliphatic heterocycles. The van der Waals surface area contributed by atoms with Gasteiger partial charge in [0.05, 0.1) is 16.6 Å². The minimum Gasteiger partial charge on any atom is -0.337 e. The number of aromatic nitrogens is 3. The van der Waals surface area contributed by atoms with Crippen LogP contribution in [-0.4, -0.2) is 14.5 Å². The van der Waals surface area contributed by atoms with Gasteiger partial charge in [-0.2, -0.15) is 5.26 Å². The Kier molecular flexibility index (Phi) is 3.96. The van der Waals surface area contributed by atoms with Crippen LogP contribution in [0.3, 0.4) is 0 Å². The highest BCUT2D eigenvalue weighted by Gasteiger charge is 2.09. The van der Waals surface area contributed by atoms with Crippen LogP contribution in [0.25, 0.3) is 28.4 Å². The first-order valence-electron chi connectivity index (χ1n) is 7.75. The lowest BCUT2D eigenvalue weighted by atomic mass is 10.2. The van der Waals surface area contributed by atoms with Gasteiger partial charge < -0.3 is 9.55 Å². The molecular formula is C20H13BrN4. The molecule has 0 unspecified atom stereocenters. The van der Waals surface area contributed by atoms with E-state index in [4.69, 9.17) is 0 Å². The molecule has 0 spiro atoms. The van der Waals surface area contributed by atoms with Crippen LogP contribution in [0.4, 0.5) is 0 Å². The molecule has 2 heterocycles. The highest BCUT2D eigenvalue weighted by Crippen LogP contribution is 2.22. The van der Waals surface area contributed by atoms with Gasteiger partial charge >= 0.3 is 0 Å². The summed E-state index contributed by atoms with van der Waals surface area (Å²) in [6, 6.07) is 22.0. The summed E-state index contributed by atoms with van der Waals surface area (Å²) in [6.07, 6.45) is 3.82. The van der Waals surface area contributed by atoms with E-state index in [2.05, 4.69) is 32.0 Å². The number of nitriles is 1. The second-order valence-electron chi connectivity index (χ2n) is 5.55. The Bertz CT molecular complexity index is 1080. The number of imidazole rings is 1. The van der Waals surface area contributed by atoms with Crippen LogP contribution in [0.2, 0.25) is 0 Å². The molecule has 5 heteroatoms. The Hall–Kier alpha value is -3.10. The number of fused-ring (bicyclic) bond motifs is 1. The average Bonchev–Trinajstić information content (AvgIpc) is 3.26. The van der Waals surface area contributed by atoms with Crippen molar-refractivity contribution >= 4 is 38.6 Å². The first-order chi connectivity index (χ1) is 12.2. The first-order valence-corrected chi connectivity index (χ1v) is 8.54. The van der Waals surface area contributed by atoms with E-state index in [0.29, 0.717) is 11.4 Å². The topological polar surface area (TPSA) is 57.4 Å². The Morgan fingerprint density at radius 1 is 1.08 bits per heavy atom. The van der Waals surface area contributed by atoms with Gasteiger partial charge in [0.1, 0.15) is 11.9 Å². The predicted octanol–water partition coefficient (Wildman–Crippen LogP) is 5.18. The maximum Gasteiger partial charge on any atom is 0.149 e. The highest BCUT2D eigenvalue weighted by atomic mass is 79.9. The molecule has 0 bridgehead atoms. The molecule has 4 nitrogen and oxygen atoms in total. The number of hydrogen-bond acceptors (Lipinski definition) is 2. The van der Waals surface area contributed by atoms with Crippen LogP contribution in [-0.2, 0) is 0 Å². The third-order valence-corrected chi connectivity index (χ3v) is 4.47. The van der Waals surface area contributed by atoms with E-state index < -0.39 is 0 Å². The number of aromatic amines is 1. The summed E-state index contributed by atoms with van der Waals surface area (Å²) in [4.78, 5) is 7.73. The van der Waals surface area contributed by atoms with Crippen LogP contribution in [0.5, 0.6) is 0 Å². The van der Waals surface area contributed by atoms with Crippen molar-refractivity contribution in [3.8, 4) is 11.8 Å². The molecule has 0 amide bonds. The molecular weight excluding hydrogens is 376 g/mol. The van der Waals surface area contributed by atoms with Crippen molar-refractivity contribution in [3.05, 3.63) is 82.9 Å². The number of nitrogens with zero attached hydrogens (tertiary/aromatic N) is 3. The smallest absolute Gasteiger partial charge is 0.149 e. The molecule has 4 aromatic rings. The molecule has 2 aromatic heterocycles. The maximum absolute atomic E-state index is 9.61. The molecule has 0 radical (unpaired) electrons.